The predicted molar refractivity (Wildman–Crippen MR) is 114 cm³/mol. The molecule has 2 rings (SSSR count). The van der Waals surface area contributed by atoms with Gasteiger partial charge in [-0.05, 0) is 30.9 Å². The molecule has 1 saturated carbocycles. The SMILES string of the molecule is CC[C@H](NC(=O)[C@H](CS(=O)(=O)Cc1cccnc1)NCC(F)(F)C(F)(F)F)C(O)C(=O)NC1CC1. The smallest absolute Gasteiger partial charge is 0.381 e. The zero-order valence-corrected chi connectivity index (χ0v) is 19.5. The molecule has 0 radical (unpaired) electrons. The fourth-order valence-corrected chi connectivity index (χ4v) is 4.59. The number of sulfone groups is 1. The molecule has 4 N–H and O–H groups in total. The average Bonchev–Trinajstić information content (AvgIpc) is 3.57. The largest absolute Gasteiger partial charge is 0.454 e. The Morgan fingerprint density at radius 2 is 1.86 bits per heavy atom. The number of hydrogen-bond acceptors (Lipinski definition) is 7. The summed E-state index contributed by atoms with van der Waals surface area (Å²) >= 11 is 0. The van der Waals surface area contributed by atoms with E-state index >= 15 is 0 Å². The lowest BCUT2D eigenvalue weighted by molar-refractivity contribution is -0.279. The first-order valence-electron chi connectivity index (χ1n) is 10.7. The number of aliphatic hydroxyl groups excluding tert-OH is 1. The molecule has 0 spiro atoms. The normalized spacial score (nSPS) is 17.3. The zero-order chi connectivity index (χ0) is 26.4. The summed E-state index contributed by atoms with van der Waals surface area (Å²) in [5.41, 5.74) is 0.214. The maximum absolute atomic E-state index is 13.5. The Balaban J connectivity index is 2.17. The fourth-order valence-electron chi connectivity index (χ4n) is 3.01. The Morgan fingerprint density at radius 3 is 2.37 bits per heavy atom. The molecule has 0 saturated heterocycles. The Labute approximate surface area is 198 Å². The highest BCUT2D eigenvalue weighted by molar-refractivity contribution is 7.90. The number of carbonyl (C=O) groups excluding carboxylic acids is 2. The summed E-state index contributed by atoms with van der Waals surface area (Å²) in [4.78, 5) is 28.6. The monoisotopic (exact) mass is 530 g/mol. The van der Waals surface area contributed by atoms with Crippen LogP contribution in [0.15, 0.2) is 24.5 Å². The molecule has 1 aliphatic carbocycles. The van der Waals surface area contributed by atoms with Crippen LogP contribution in [0, 0.1) is 0 Å². The summed E-state index contributed by atoms with van der Waals surface area (Å²) in [5, 5.41) is 16.6. The number of nitrogens with one attached hydrogen (secondary N) is 3. The van der Waals surface area contributed by atoms with Crippen molar-refractivity contribution in [1.82, 2.24) is 20.9 Å². The number of hydrogen-bond donors (Lipinski definition) is 4. The van der Waals surface area contributed by atoms with Crippen LogP contribution in [-0.4, -0.2) is 78.9 Å². The molecule has 15 heteroatoms. The van der Waals surface area contributed by atoms with Crippen LogP contribution in [0.1, 0.15) is 31.7 Å². The van der Waals surface area contributed by atoms with Crippen LogP contribution in [0.25, 0.3) is 0 Å². The van der Waals surface area contributed by atoms with Gasteiger partial charge in [0.15, 0.2) is 15.9 Å². The number of carbonyl (C=O) groups is 2. The second kappa shape index (κ2) is 11.6. The number of nitrogens with zero attached hydrogens (tertiary/aromatic N) is 1. The summed E-state index contributed by atoms with van der Waals surface area (Å²) in [6, 6.07) is -0.529. The second-order valence-corrected chi connectivity index (χ2v) is 10.4. The van der Waals surface area contributed by atoms with E-state index in [-0.39, 0.29) is 18.0 Å². The van der Waals surface area contributed by atoms with E-state index in [1.807, 2.05) is 0 Å². The van der Waals surface area contributed by atoms with Gasteiger partial charge in [0.25, 0.3) is 5.91 Å². The summed E-state index contributed by atoms with van der Waals surface area (Å²) < 4.78 is 89.8. The zero-order valence-electron chi connectivity index (χ0n) is 18.7. The van der Waals surface area contributed by atoms with E-state index in [4.69, 9.17) is 0 Å². The molecule has 9 nitrogen and oxygen atoms in total. The van der Waals surface area contributed by atoms with Crippen LogP contribution < -0.4 is 16.0 Å². The second-order valence-electron chi connectivity index (χ2n) is 8.30. The van der Waals surface area contributed by atoms with E-state index in [2.05, 4.69) is 15.6 Å². The van der Waals surface area contributed by atoms with E-state index < -0.39 is 70.0 Å². The molecule has 2 amide bonds. The highest BCUT2D eigenvalue weighted by Crippen LogP contribution is 2.34. The molecule has 1 heterocycles. The Kier molecular flexibility index (Phi) is 9.53. The van der Waals surface area contributed by atoms with Gasteiger partial charge in [-0.25, -0.2) is 8.42 Å². The van der Waals surface area contributed by atoms with Crippen molar-refractivity contribution in [2.75, 3.05) is 12.3 Å². The highest BCUT2D eigenvalue weighted by atomic mass is 32.2. The van der Waals surface area contributed by atoms with Crippen molar-refractivity contribution in [2.45, 2.75) is 68.3 Å². The molecule has 1 fully saturated rings. The quantitative estimate of drug-likeness (QED) is 0.276. The van der Waals surface area contributed by atoms with Gasteiger partial charge in [0.1, 0.15) is 6.04 Å². The lowest BCUT2D eigenvalue weighted by Gasteiger charge is -2.27. The molecule has 1 unspecified atom stereocenters. The lowest BCUT2D eigenvalue weighted by atomic mass is 10.1. The first-order chi connectivity index (χ1) is 16.1. The lowest BCUT2D eigenvalue weighted by Crippen LogP contribution is -2.58. The summed E-state index contributed by atoms with van der Waals surface area (Å²) in [7, 11) is -4.20. The predicted octanol–water partition coefficient (Wildman–Crippen LogP) is 0.687. The number of aliphatic hydroxyl groups is 1. The molecule has 0 aliphatic heterocycles. The van der Waals surface area contributed by atoms with Crippen molar-refractivity contribution in [3.8, 4) is 0 Å². The van der Waals surface area contributed by atoms with Gasteiger partial charge in [0.2, 0.25) is 5.91 Å². The fraction of sp³-hybridized carbons (Fsp3) is 0.650. The van der Waals surface area contributed by atoms with Crippen LogP contribution in [0.4, 0.5) is 22.0 Å². The van der Waals surface area contributed by atoms with Gasteiger partial charge in [-0.15, -0.1) is 0 Å². The maximum Gasteiger partial charge on any atom is 0.454 e. The molecule has 1 aromatic heterocycles. The number of alkyl halides is 5. The third kappa shape index (κ3) is 8.96. The number of aromatic nitrogens is 1. The highest BCUT2D eigenvalue weighted by Gasteiger charge is 2.57. The van der Waals surface area contributed by atoms with Gasteiger partial charge in [-0.1, -0.05) is 13.0 Å². The van der Waals surface area contributed by atoms with Crippen LogP contribution in [0.3, 0.4) is 0 Å². The number of pyridine rings is 1. The first kappa shape index (κ1) is 28.8. The van der Waals surface area contributed by atoms with E-state index in [1.54, 1.807) is 5.32 Å². The molecule has 1 aliphatic rings. The molecule has 3 atom stereocenters. The molecule has 35 heavy (non-hydrogen) atoms. The number of rotatable bonds is 13. The summed E-state index contributed by atoms with van der Waals surface area (Å²) in [5.74, 6) is -9.07. The van der Waals surface area contributed by atoms with Gasteiger partial charge < -0.3 is 15.7 Å². The van der Waals surface area contributed by atoms with Crippen LogP contribution in [0.2, 0.25) is 0 Å². The van der Waals surface area contributed by atoms with E-state index in [1.165, 1.54) is 31.5 Å². The molecule has 0 aromatic carbocycles. The first-order valence-corrected chi connectivity index (χ1v) is 12.5. The van der Waals surface area contributed by atoms with E-state index in [0.29, 0.717) is 0 Å². The average molecular weight is 531 g/mol. The van der Waals surface area contributed by atoms with Gasteiger partial charge in [0, 0.05) is 18.4 Å². The van der Waals surface area contributed by atoms with Crippen LogP contribution in [0.5, 0.6) is 0 Å². The molecule has 198 valence electrons. The third-order valence-electron chi connectivity index (χ3n) is 5.17. The van der Waals surface area contributed by atoms with Crippen molar-refractivity contribution < 1.29 is 45.1 Å². The number of amides is 2. The van der Waals surface area contributed by atoms with Crippen molar-refractivity contribution in [1.29, 1.82) is 0 Å². The van der Waals surface area contributed by atoms with Crippen LogP contribution in [-0.2, 0) is 25.2 Å². The Morgan fingerprint density at radius 1 is 1.20 bits per heavy atom. The standard InChI is InChI=1S/C20H27F5N4O5S/c1-2-14(16(30)18(32)28-13-5-6-13)29-17(31)15(27-11-19(21,22)20(23,24)25)10-35(33,34)9-12-4-3-7-26-8-12/h3-4,7-8,13-16,27,30H,2,5-6,9-11H2,1H3,(H,28,32)(H,29,31)/t14-,15-,16?/m0/s1. The molecule has 0 bridgehead atoms. The molecule has 1 aromatic rings. The van der Waals surface area contributed by atoms with Crippen molar-refractivity contribution in [2.24, 2.45) is 0 Å². The van der Waals surface area contributed by atoms with Crippen molar-refractivity contribution in [3.05, 3.63) is 30.1 Å². The van der Waals surface area contributed by atoms with Crippen LogP contribution >= 0.6 is 0 Å². The van der Waals surface area contributed by atoms with E-state index in [0.717, 1.165) is 12.8 Å². The minimum absolute atomic E-state index is 0.0150. The van der Waals surface area contributed by atoms with E-state index in [9.17, 15) is 45.1 Å². The maximum atomic E-state index is 13.5. The topological polar surface area (TPSA) is 137 Å². The van der Waals surface area contributed by atoms with Gasteiger partial charge in [0.05, 0.1) is 24.1 Å². The minimum atomic E-state index is -5.93. The van der Waals surface area contributed by atoms with Gasteiger partial charge in [-0.2, -0.15) is 22.0 Å². The third-order valence-corrected chi connectivity index (χ3v) is 6.79. The van der Waals surface area contributed by atoms with Gasteiger partial charge in [-0.3, -0.25) is 19.9 Å². The summed E-state index contributed by atoms with van der Waals surface area (Å²) in [6.07, 6.45) is -3.65. The Hall–Kier alpha value is -2.39. The summed E-state index contributed by atoms with van der Waals surface area (Å²) in [6.45, 7) is -0.573. The number of halogens is 5. The van der Waals surface area contributed by atoms with Crippen molar-refractivity contribution >= 4 is 21.7 Å². The van der Waals surface area contributed by atoms with Crippen molar-refractivity contribution in [3.63, 3.8) is 0 Å². The van der Waals surface area contributed by atoms with Gasteiger partial charge >= 0.3 is 12.1 Å². The minimum Gasteiger partial charge on any atom is -0.381 e. The molecular weight excluding hydrogens is 503 g/mol. The molecular formula is C20H27F5N4O5S. The Bertz CT molecular complexity index is 974.